The fourth-order valence-electron chi connectivity index (χ4n) is 2.17. The van der Waals surface area contributed by atoms with Gasteiger partial charge in [-0.2, -0.15) is 0 Å². The average molecular weight is 245 g/mol. The molecule has 1 nitrogen and oxygen atoms in total. The van der Waals surface area contributed by atoms with E-state index in [1.165, 1.54) is 30.4 Å². The Morgan fingerprint density at radius 1 is 1.17 bits per heavy atom. The molecule has 1 aromatic carbocycles. The van der Waals surface area contributed by atoms with Crippen LogP contribution in [0.15, 0.2) is 37.0 Å². The third kappa shape index (κ3) is 4.95. The predicted octanol–water partition coefficient (Wildman–Crippen LogP) is 4.82. The molecular formula is C17H27N. The first-order valence-corrected chi connectivity index (χ1v) is 7.09. The van der Waals surface area contributed by atoms with Crippen LogP contribution in [0, 0.1) is 0 Å². The van der Waals surface area contributed by atoms with Crippen molar-refractivity contribution in [3.8, 4) is 0 Å². The Morgan fingerprint density at radius 3 is 2.56 bits per heavy atom. The number of hydrogen-bond acceptors (Lipinski definition) is 1. The molecule has 1 N–H and O–H groups in total. The van der Waals surface area contributed by atoms with Crippen LogP contribution in [-0.2, 0) is 0 Å². The SMILES string of the molecule is C=CNCCCCC(C)c1cccc(C(C)C)c1. The second-order valence-electron chi connectivity index (χ2n) is 5.38. The Morgan fingerprint density at radius 2 is 1.89 bits per heavy atom. The van der Waals surface area contributed by atoms with E-state index in [2.05, 4.69) is 56.9 Å². The zero-order valence-corrected chi connectivity index (χ0v) is 12.1. The zero-order valence-electron chi connectivity index (χ0n) is 12.1. The van der Waals surface area contributed by atoms with Gasteiger partial charge >= 0.3 is 0 Å². The van der Waals surface area contributed by atoms with Crippen molar-refractivity contribution in [2.24, 2.45) is 0 Å². The van der Waals surface area contributed by atoms with E-state index in [1.807, 2.05) is 0 Å². The molecule has 0 fully saturated rings. The molecule has 0 aliphatic carbocycles. The maximum absolute atomic E-state index is 3.66. The first kappa shape index (κ1) is 14.8. The minimum atomic E-state index is 0.619. The molecule has 0 aromatic heterocycles. The first-order chi connectivity index (χ1) is 8.65. The Balaban J connectivity index is 2.43. The number of nitrogens with one attached hydrogen (secondary N) is 1. The summed E-state index contributed by atoms with van der Waals surface area (Å²) in [4.78, 5) is 0. The van der Waals surface area contributed by atoms with E-state index in [-0.39, 0.29) is 0 Å². The van der Waals surface area contributed by atoms with Gasteiger partial charge in [0.1, 0.15) is 0 Å². The highest BCUT2D eigenvalue weighted by molar-refractivity contribution is 5.27. The standard InChI is InChI=1S/C17H27N/c1-5-18-12-7-6-9-15(4)17-11-8-10-16(13-17)14(2)3/h5,8,10-11,13-15,18H,1,6-7,9,12H2,2-4H3. The molecule has 0 heterocycles. The minimum absolute atomic E-state index is 0.619. The second-order valence-corrected chi connectivity index (χ2v) is 5.38. The normalized spacial score (nSPS) is 12.4. The van der Waals surface area contributed by atoms with Crippen molar-refractivity contribution in [1.29, 1.82) is 0 Å². The van der Waals surface area contributed by atoms with Gasteiger partial charge in [-0.1, -0.05) is 58.0 Å². The van der Waals surface area contributed by atoms with Crippen LogP contribution in [0.2, 0.25) is 0 Å². The van der Waals surface area contributed by atoms with Gasteiger partial charge in [0.15, 0.2) is 0 Å². The molecule has 0 amide bonds. The van der Waals surface area contributed by atoms with Crippen LogP contribution in [0.3, 0.4) is 0 Å². The van der Waals surface area contributed by atoms with Crippen molar-refractivity contribution < 1.29 is 0 Å². The molecule has 1 unspecified atom stereocenters. The maximum atomic E-state index is 3.66. The van der Waals surface area contributed by atoms with Gasteiger partial charge in [0.2, 0.25) is 0 Å². The van der Waals surface area contributed by atoms with E-state index in [4.69, 9.17) is 0 Å². The van der Waals surface area contributed by atoms with Gasteiger partial charge in [0.05, 0.1) is 0 Å². The van der Waals surface area contributed by atoms with Gasteiger partial charge in [0, 0.05) is 6.54 Å². The van der Waals surface area contributed by atoms with Crippen LogP contribution < -0.4 is 5.32 Å². The van der Waals surface area contributed by atoms with Crippen molar-refractivity contribution in [2.75, 3.05) is 6.54 Å². The molecule has 18 heavy (non-hydrogen) atoms. The van der Waals surface area contributed by atoms with Crippen molar-refractivity contribution in [3.63, 3.8) is 0 Å². The van der Waals surface area contributed by atoms with Gasteiger partial charge in [-0.05, 0) is 42.0 Å². The highest BCUT2D eigenvalue weighted by atomic mass is 14.8. The van der Waals surface area contributed by atoms with E-state index in [0.29, 0.717) is 11.8 Å². The molecule has 0 aliphatic rings. The smallest absolute Gasteiger partial charge is 0.0141 e. The lowest BCUT2D eigenvalue weighted by Crippen LogP contribution is -2.06. The Hall–Kier alpha value is -1.24. The fraction of sp³-hybridized carbons (Fsp3) is 0.529. The van der Waals surface area contributed by atoms with Gasteiger partial charge in [-0.15, -0.1) is 0 Å². The van der Waals surface area contributed by atoms with Gasteiger partial charge < -0.3 is 5.32 Å². The summed E-state index contributed by atoms with van der Waals surface area (Å²) >= 11 is 0. The first-order valence-electron chi connectivity index (χ1n) is 7.09. The van der Waals surface area contributed by atoms with Gasteiger partial charge in [0.25, 0.3) is 0 Å². The number of hydrogen-bond donors (Lipinski definition) is 1. The fourth-order valence-corrected chi connectivity index (χ4v) is 2.17. The third-order valence-corrected chi connectivity index (χ3v) is 3.50. The quantitative estimate of drug-likeness (QED) is 0.648. The Labute approximate surface area is 112 Å². The largest absolute Gasteiger partial charge is 0.391 e. The van der Waals surface area contributed by atoms with E-state index in [0.717, 1.165) is 6.54 Å². The lowest BCUT2D eigenvalue weighted by molar-refractivity contribution is 0.593. The van der Waals surface area contributed by atoms with Gasteiger partial charge in [-0.3, -0.25) is 0 Å². The Kier molecular flexibility index (Phi) is 6.56. The molecule has 1 atom stereocenters. The molecule has 0 bridgehead atoms. The Bertz CT molecular complexity index is 354. The molecule has 1 rings (SSSR count). The third-order valence-electron chi connectivity index (χ3n) is 3.50. The zero-order chi connectivity index (χ0) is 13.4. The molecule has 0 saturated carbocycles. The topological polar surface area (TPSA) is 12.0 Å². The molecule has 0 aliphatic heterocycles. The summed E-state index contributed by atoms with van der Waals surface area (Å²) in [5.41, 5.74) is 2.94. The van der Waals surface area contributed by atoms with E-state index in [9.17, 15) is 0 Å². The average Bonchev–Trinajstić information content (AvgIpc) is 2.38. The van der Waals surface area contributed by atoms with E-state index >= 15 is 0 Å². The van der Waals surface area contributed by atoms with Crippen LogP contribution in [0.5, 0.6) is 0 Å². The summed E-state index contributed by atoms with van der Waals surface area (Å²) < 4.78 is 0. The summed E-state index contributed by atoms with van der Waals surface area (Å²) in [5.74, 6) is 1.28. The highest BCUT2D eigenvalue weighted by Gasteiger charge is 2.07. The van der Waals surface area contributed by atoms with Crippen LogP contribution in [-0.4, -0.2) is 6.54 Å². The van der Waals surface area contributed by atoms with E-state index in [1.54, 1.807) is 6.20 Å². The highest BCUT2D eigenvalue weighted by Crippen LogP contribution is 2.24. The molecule has 0 saturated heterocycles. The summed E-state index contributed by atoms with van der Waals surface area (Å²) in [6, 6.07) is 9.06. The van der Waals surface area contributed by atoms with Crippen molar-refractivity contribution in [2.45, 2.75) is 51.9 Å². The van der Waals surface area contributed by atoms with Crippen molar-refractivity contribution in [1.82, 2.24) is 5.32 Å². The van der Waals surface area contributed by atoms with Crippen LogP contribution in [0.4, 0.5) is 0 Å². The summed E-state index contributed by atoms with van der Waals surface area (Å²) in [6.07, 6.45) is 5.53. The lowest BCUT2D eigenvalue weighted by Gasteiger charge is -2.14. The molecule has 100 valence electrons. The predicted molar refractivity (Wildman–Crippen MR) is 81.0 cm³/mol. The molecule has 0 radical (unpaired) electrons. The van der Waals surface area contributed by atoms with Crippen molar-refractivity contribution in [3.05, 3.63) is 48.2 Å². The summed E-state index contributed by atoms with van der Waals surface area (Å²) in [6.45, 7) is 11.5. The monoisotopic (exact) mass is 245 g/mol. The van der Waals surface area contributed by atoms with Crippen LogP contribution >= 0.6 is 0 Å². The molecular weight excluding hydrogens is 218 g/mol. The minimum Gasteiger partial charge on any atom is -0.391 e. The van der Waals surface area contributed by atoms with Crippen LogP contribution in [0.25, 0.3) is 0 Å². The summed E-state index contributed by atoms with van der Waals surface area (Å²) in [7, 11) is 0. The molecule has 1 aromatic rings. The molecule has 0 spiro atoms. The summed E-state index contributed by atoms with van der Waals surface area (Å²) in [5, 5.41) is 3.15. The molecule has 1 heteroatoms. The number of unbranched alkanes of at least 4 members (excludes halogenated alkanes) is 1. The number of benzene rings is 1. The van der Waals surface area contributed by atoms with E-state index < -0.39 is 0 Å². The van der Waals surface area contributed by atoms with Crippen molar-refractivity contribution >= 4 is 0 Å². The second kappa shape index (κ2) is 7.97. The lowest BCUT2D eigenvalue weighted by atomic mass is 9.92. The number of rotatable bonds is 8. The van der Waals surface area contributed by atoms with Crippen LogP contribution in [0.1, 0.15) is 63.0 Å². The maximum Gasteiger partial charge on any atom is 0.0141 e. The van der Waals surface area contributed by atoms with Gasteiger partial charge in [-0.25, -0.2) is 0 Å².